The molecule has 0 atom stereocenters. The third-order valence-corrected chi connectivity index (χ3v) is 3.43. The molecule has 3 heteroatoms. The van der Waals surface area contributed by atoms with E-state index < -0.39 is 0 Å². The maximum Gasteiger partial charge on any atom is 0.224 e. The smallest absolute Gasteiger partial charge is 0.224 e. The Labute approximate surface area is 102 Å². The van der Waals surface area contributed by atoms with E-state index in [-0.39, 0.29) is 5.91 Å². The van der Waals surface area contributed by atoms with Gasteiger partial charge in [-0.1, -0.05) is 19.8 Å². The first-order chi connectivity index (χ1) is 8.20. The van der Waals surface area contributed by atoms with Gasteiger partial charge >= 0.3 is 0 Å². The summed E-state index contributed by atoms with van der Waals surface area (Å²) in [7, 11) is 0. The highest BCUT2D eigenvalue weighted by molar-refractivity contribution is 5.90. The molecule has 1 fully saturated rings. The number of hydrogen-bond donors (Lipinski definition) is 2. The average Bonchev–Trinajstić information content (AvgIpc) is 2.85. The Morgan fingerprint density at radius 2 is 2.12 bits per heavy atom. The summed E-state index contributed by atoms with van der Waals surface area (Å²) in [5, 5.41) is 12.7. The Kier molecular flexibility index (Phi) is 3.67. The molecule has 1 aromatic carbocycles. The molecule has 0 aliphatic heterocycles. The first kappa shape index (κ1) is 12.0. The van der Waals surface area contributed by atoms with Crippen molar-refractivity contribution in [3.63, 3.8) is 0 Å². The molecule has 2 rings (SSSR count). The molecule has 1 aromatic rings. The van der Waals surface area contributed by atoms with Gasteiger partial charge in [0.1, 0.15) is 5.75 Å². The Morgan fingerprint density at radius 1 is 1.41 bits per heavy atom. The number of aromatic hydroxyl groups is 1. The molecule has 0 aromatic heterocycles. The zero-order valence-electron chi connectivity index (χ0n) is 10.2. The lowest BCUT2D eigenvalue weighted by Crippen LogP contribution is -2.09. The predicted molar refractivity (Wildman–Crippen MR) is 68.2 cm³/mol. The normalized spacial score (nSPS) is 16.1. The lowest BCUT2D eigenvalue weighted by atomic mass is 9.96. The molecule has 1 saturated carbocycles. The van der Waals surface area contributed by atoms with Crippen molar-refractivity contribution in [2.45, 2.75) is 44.9 Å². The highest BCUT2D eigenvalue weighted by Crippen LogP contribution is 2.39. The first-order valence-corrected chi connectivity index (χ1v) is 6.33. The molecule has 0 heterocycles. The van der Waals surface area contributed by atoms with Crippen LogP contribution in [0.15, 0.2) is 18.2 Å². The molecule has 0 bridgehead atoms. The van der Waals surface area contributed by atoms with Crippen LogP contribution in [-0.2, 0) is 4.79 Å². The number of nitrogens with one attached hydrogen (secondary N) is 1. The van der Waals surface area contributed by atoms with E-state index in [1.54, 1.807) is 12.1 Å². The Bertz CT molecular complexity index is 409. The standard InChI is InChI=1S/C14H19NO2/c1-2-14(17)15-11-7-8-13(16)12(9-11)10-5-3-4-6-10/h7-10,16H,2-6H2,1H3,(H,15,17). The summed E-state index contributed by atoms with van der Waals surface area (Å²) >= 11 is 0. The zero-order valence-corrected chi connectivity index (χ0v) is 10.2. The minimum atomic E-state index is 0.00746. The second-order valence-electron chi connectivity index (χ2n) is 4.66. The molecule has 92 valence electrons. The van der Waals surface area contributed by atoms with Gasteiger partial charge in [0.15, 0.2) is 0 Å². The van der Waals surface area contributed by atoms with E-state index in [1.807, 2.05) is 13.0 Å². The molecule has 17 heavy (non-hydrogen) atoms. The molecule has 1 amide bonds. The Hall–Kier alpha value is -1.51. The van der Waals surface area contributed by atoms with E-state index in [0.29, 0.717) is 18.1 Å². The number of phenols is 1. The minimum absolute atomic E-state index is 0.00746. The number of amides is 1. The number of benzene rings is 1. The SMILES string of the molecule is CCC(=O)Nc1ccc(O)c(C2CCCC2)c1. The van der Waals surface area contributed by atoms with Gasteiger partial charge in [-0.05, 0) is 42.5 Å². The van der Waals surface area contributed by atoms with Gasteiger partial charge < -0.3 is 10.4 Å². The fourth-order valence-electron chi connectivity index (χ4n) is 2.45. The van der Waals surface area contributed by atoms with Gasteiger partial charge in [-0.15, -0.1) is 0 Å². The number of hydrogen-bond acceptors (Lipinski definition) is 2. The topological polar surface area (TPSA) is 49.3 Å². The quantitative estimate of drug-likeness (QED) is 0.786. The lowest BCUT2D eigenvalue weighted by molar-refractivity contribution is -0.115. The molecule has 3 nitrogen and oxygen atoms in total. The van der Waals surface area contributed by atoms with E-state index in [0.717, 1.165) is 24.1 Å². The summed E-state index contributed by atoms with van der Waals surface area (Å²) in [6.07, 6.45) is 5.21. The van der Waals surface area contributed by atoms with Crippen molar-refractivity contribution in [1.29, 1.82) is 0 Å². The fraction of sp³-hybridized carbons (Fsp3) is 0.500. The summed E-state index contributed by atoms with van der Waals surface area (Å²) in [6.45, 7) is 1.83. The van der Waals surface area contributed by atoms with E-state index >= 15 is 0 Å². The van der Waals surface area contributed by atoms with E-state index in [1.165, 1.54) is 12.8 Å². The minimum Gasteiger partial charge on any atom is -0.508 e. The number of carbonyl (C=O) groups is 1. The molecule has 1 aliphatic rings. The monoisotopic (exact) mass is 233 g/mol. The maximum atomic E-state index is 11.3. The van der Waals surface area contributed by atoms with Crippen LogP contribution in [0, 0.1) is 0 Å². The first-order valence-electron chi connectivity index (χ1n) is 6.33. The summed E-state index contributed by atoms with van der Waals surface area (Å²) in [5.41, 5.74) is 1.77. The summed E-state index contributed by atoms with van der Waals surface area (Å²) in [4.78, 5) is 11.3. The molecular weight excluding hydrogens is 214 g/mol. The number of carbonyl (C=O) groups excluding carboxylic acids is 1. The van der Waals surface area contributed by atoms with Crippen LogP contribution in [0.25, 0.3) is 0 Å². The van der Waals surface area contributed by atoms with Crippen molar-refractivity contribution in [2.24, 2.45) is 0 Å². The van der Waals surface area contributed by atoms with Crippen molar-refractivity contribution >= 4 is 11.6 Å². The number of rotatable bonds is 3. The maximum absolute atomic E-state index is 11.3. The van der Waals surface area contributed by atoms with Crippen molar-refractivity contribution in [3.8, 4) is 5.75 Å². The van der Waals surface area contributed by atoms with Gasteiger partial charge in [0.25, 0.3) is 0 Å². The lowest BCUT2D eigenvalue weighted by Gasteiger charge is -2.13. The molecule has 1 aliphatic carbocycles. The van der Waals surface area contributed by atoms with Gasteiger partial charge in [-0.2, -0.15) is 0 Å². The van der Waals surface area contributed by atoms with Gasteiger partial charge in [0.2, 0.25) is 5.91 Å². The van der Waals surface area contributed by atoms with Crippen molar-refractivity contribution in [1.82, 2.24) is 0 Å². The molecule has 0 spiro atoms. The van der Waals surface area contributed by atoms with E-state index in [4.69, 9.17) is 0 Å². The van der Waals surface area contributed by atoms with Crippen molar-refractivity contribution in [2.75, 3.05) is 5.32 Å². The van der Waals surface area contributed by atoms with E-state index in [9.17, 15) is 9.90 Å². The second kappa shape index (κ2) is 5.21. The highest BCUT2D eigenvalue weighted by atomic mass is 16.3. The summed E-state index contributed by atoms with van der Waals surface area (Å²) < 4.78 is 0. The van der Waals surface area contributed by atoms with Crippen molar-refractivity contribution < 1.29 is 9.90 Å². The second-order valence-corrected chi connectivity index (χ2v) is 4.66. The third-order valence-electron chi connectivity index (χ3n) is 3.43. The summed E-state index contributed by atoms with van der Waals surface area (Å²) in [5.74, 6) is 0.813. The van der Waals surface area contributed by atoms with Crippen LogP contribution < -0.4 is 5.32 Å². The van der Waals surface area contributed by atoms with Crippen LogP contribution >= 0.6 is 0 Å². The van der Waals surface area contributed by atoms with Gasteiger partial charge in [0.05, 0.1) is 0 Å². The summed E-state index contributed by atoms with van der Waals surface area (Å²) in [6, 6.07) is 5.35. The molecule has 0 unspecified atom stereocenters. The molecular formula is C14H19NO2. The average molecular weight is 233 g/mol. The molecule has 0 saturated heterocycles. The predicted octanol–water partition coefficient (Wildman–Crippen LogP) is 3.40. The van der Waals surface area contributed by atoms with Crippen molar-refractivity contribution in [3.05, 3.63) is 23.8 Å². The van der Waals surface area contributed by atoms with Crippen LogP contribution in [0.2, 0.25) is 0 Å². The van der Waals surface area contributed by atoms with Crippen LogP contribution in [0.1, 0.15) is 50.5 Å². The number of anilines is 1. The molecule has 2 N–H and O–H groups in total. The zero-order chi connectivity index (χ0) is 12.3. The molecule has 0 radical (unpaired) electrons. The van der Waals surface area contributed by atoms with Gasteiger partial charge in [-0.25, -0.2) is 0 Å². The van der Waals surface area contributed by atoms with Gasteiger partial charge in [-0.3, -0.25) is 4.79 Å². The third kappa shape index (κ3) is 2.78. The van der Waals surface area contributed by atoms with E-state index in [2.05, 4.69) is 5.32 Å². The highest BCUT2D eigenvalue weighted by Gasteiger charge is 2.20. The largest absolute Gasteiger partial charge is 0.508 e. The van der Waals surface area contributed by atoms with Crippen LogP contribution in [-0.4, -0.2) is 11.0 Å². The van der Waals surface area contributed by atoms with Crippen LogP contribution in [0.4, 0.5) is 5.69 Å². The van der Waals surface area contributed by atoms with Gasteiger partial charge in [0, 0.05) is 12.1 Å². The fourth-order valence-corrected chi connectivity index (χ4v) is 2.45. The van der Waals surface area contributed by atoms with Crippen LogP contribution in [0.3, 0.4) is 0 Å². The number of phenolic OH excluding ortho intramolecular Hbond substituents is 1. The van der Waals surface area contributed by atoms with Crippen LogP contribution in [0.5, 0.6) is 5.75 Å². The Morgan fingerprint density at radius 3 is 2.76 bits per heavy atom. The Balaban J connectivity index is 2.19.